The summed E-state index contributed by atoms with van der Waals surface area (Å²) in [6.07, 6.45) is 0. The molecule has 0 aliphatic rings. The van der Waals surface area contributed by atoms with Gasteiger partial charge in [-0.05, 0) is 61.7 Å². The van der Waals surface area contributed by atoms with Gasteiger partial charge >= 0.3 is 0 Å². The van der Waals surface area contributed by atoms with Crippen molar-refractivity contribution in [1.82, 2.24) is 0 Å². The molecule has 0 atom stereocenters. The molecule has 2 aromatic carbocycles. The van der Waals surface area contributed by atoms with Crippen LogP contribution in [0.5, 0.6) is 0 Å². The molecule has 0 amide bonds. The summed E-state index contributed by atoms with van der Waals surface area (Å²) in [5, 5.41) is 0. The monoisotopic (exact) mass is 290 g/mol. The Morgan fingerprint density at radius 2 is 1.70 bits per heavy atom. The lowest BCUT2D eigenvalue weighted by Crippen LogP contribution is -2.15. The van der Waals surface area contributed by atoms with E-state index in [9.17, 15) is 8.42 Å². The van der Waals surface area contributed by atoms with E-state index in [0.717, 1.165) is 11.1 Å². The molecule has 2 aromatic rings. The molecule has 0 bridgehead atoms. The molecular weight excluding hydrogens is 272 g/mol. The number of hydrogen-bond acceptors (Lipinski definition) is 3. The maximum absolute atomic E-state index is 12.5. The molecule has 0 fully saturated rings. The minimum atomic E-state index is -3.64. The molecule has 0 saturated heterocycles. The molecule has 3 N–H and O–H groups in total. The zero-order chi connectivity index (χ0) is 14.9. The first-order valence-corrected chi connectivity index (χ1v) is 7.74. The van der Waals surface area contributed by atoms with E-state index in [4.69, 9.17) is 5.73 Å². The zero-order valence-corrected chi connectivity index (χ0v) is 12.6. The number of benzene rings is 2. The fourth-order valence-electron chi connectivity index (χ4n) is 2.05. The number of rotatable bonds is 3. The smallest absolute Gasteiger partial charge is 0.262 e. The highest BCUT2D eigenvalue weighted by Crippen LogP contribution is 2.25. The van der Waals surface area contributed by atoms with Gasteiger partial charge in [0.05, 0.1) is 4.90 Å². The maximum atomic E-state index is 12.5. The standard InChI is InChI=1S/C15H18N2O2S/c1-10-5-4-6-13(7-10)17-20(18,19)15-9-11(2)8-14(16)12(15)3/h4-9,17H,16H2,1-3H3. The zero-order valence-electron chi connectivity index (χ0n) is 11.8. The maximum Gasteiger partial charge on any atom is 0.262 e. The molecule has 0 heterocycles. The van der Waals surface area contributed by atoms with Crippen molar-refractivity contribution in [2.45, 2.75) is 25.7 Å². The topological polar surface area (TPSA) is 72.2 Å². The predicted octanol–water partition coefficient (Wildman–Crippen LogP) is 2.99. The van der Waals surface area contributed by atoms with E-state index in [1.807, 2.05) is 26.0 Å². The molecule has 106 valence electrons. The van der Waals surface area contributed by atoms with Crippen LogP contribution in [0.4, 0.5) is 11.4 Å². The third-order valence-electron chi connectivity index (χ3n) is 3.10. The summed E-state index contributed by atoms with van der Waals surface area (Å²) in [5.74, 6) is 0. The second kappa shape index (κ2) is 5.17. The molecule has 0 radical (unpaired) electrons. The van der Waals surface area contributed by atoms with Gasteiger partial charge in [0.15, 0.2) is 0 Å². The number of sulfonamides is 1. The van der Waals surface area contributed by atoms with Crippen LogP contribution >= 0.6 is 0 Å². The fraction of sp³-hybridized carbons (Fsp3) is 0.200. The van der Waals surface area contributed by atoms with Crippen molar-refractivity contribution < 1.29 is 8.42 Å². The Kier molecular flexibility index (Phi) is 3.72. The van der Waals surface area contributed by atoms with Crippen molar-refractivity contribution in [1.29, 1.82) is 0 Å². The minimum Gasteiger partial charge on any atom is -0.398 e. The lowest BCUT2D eigenvalue weighted by atomic mass is 10.1. The Hall–Kier alpha value is -2.01. The van der Waals surface area contributed by atoms with Crippen molar-refractivity contribution in [3.05, 3.63) is 53.1 Å². The summed E-state index contributed by atoms with van der Waals surface area (Å²) in [5.41, 5.74) is 9.24. The van der Waals surface area contributed by atoms with Crippen LogP contribution in [0.2, 0.25) is 0 Å². The summed E-state index contributed by atoms with van der Waals surface area (Å²) in [7, 11) is -3.64. The first kappa shape index (κ1) is 14.4. The van der Waals surface area contributed by atoms with E-state index in [1.54, 1.807) is 31.2 Å². The van der Waals surface area contributed by atoms with E-state index in [0.29, 0.717) is 16.9 Å². The molecular formula is C15H18N2O2S. The first-order chi connectivity index (χ1) is 9.29. The number of nitrogen functional groups attached to an aromatic ring is 1. The van der Waals surface area contributed by atoms with Crippen molar-refractivity contribution in [3.63, 3.8) is 0 Å². The van der Waals surface area contributed by atoms with Crippen molar-refractivity contribution in [2.75, 3.05) is 10.5 Å². The summed E-state index contributed by atoms with van der Waals surface area (Å²) in [6.45, 7) is 5.44. The van der Waals surface area contributed by atoms with E-state index in [2.05, 4.69) is 4.72 Å². The molecule has 0 aliphatic carbocycles. The van der Waals surface area contributed by atoms with E-state index in [1.165, 1.54) is 0 Å². The lowest BCUT2D eigenvalue weighted by Gasteiger charge is -2.13. The van der Waals surface area contributed by atoms with Gasteiger partial charge in [0.1, 0.15) is 0 Å². The van der Waals surface area contributed by atoms with Crippen molar-refractivity contribution in [2.24, 2.45) is 0 Å². The normalized spacial score (nSPS) is 11.3. The molecule has 0 aromatic heterocycles. The molecule has 0 unspecified atom stereocenters. The highest BCUT2D eigenvalue weighted by Gasteiger charge is 2.18. The fourth-order valence-corrected chi connectivity index (χ4v) is 3.46. The highest BCUT2D eigenvalue weighted by molar-refractivity contribution is 7.92. The molecule has 5 heteroatoms. The Bertz CT molecular complexity index is 752. The van der Waals surface area contributed by atoms with E-state index < -0.39 is 10.0 Å². The lowest BCUT2D eigenvalue weighted by molar-refractivity contribution is 0.600. The molecule has 0 aliphatic heterocycles. The van der Waals surface area contributed by atoms with Gasteiger partial charge in [0, 0.05) is 11.4 Å². The molecule has 0 saturated carbocycles. The van der Waals surface area contributed by atoms with Crippen LogP contribution in [-0.4, -0.2) is 8.42 Å². The van der Waals surface area contributed by atoms with E-state index in [-0.39, 0.29) is 4.90 Å². The van der Waals surface area contributed by atoms with Crippen LogP contribution in [0.25, 0.3) is 0 Å². The van der Waals surface area contributed by atoms with Gasteiger partial charge in [0.2, 0.25) is 0 Å². The third kappa shape index (κ3) is 2.93. The second-order valence-corrected chi connectivity index (χ2v) is 6.60. The molecule has 4 nitrogen and oxygen atoms in total. The van der Waals surface area contributed by atoms with Crippen LogP contribution in [-0.2, 0) is 10.0 Å². The van der Waals surface area contributed by atoms with Gasteiger partial charge in [-0.2, -0.15) is 0 Å². The Labute approximate surface area is 119 Å². The van der Waals surface area contributed by atoms with Gasteiger partial charge in [-0.15, -0.1) is 0 Å². The Morgan fingerprint density at radius 3 is 2.35 bits per heavy atom. The third-order valence-corrected chi connectivity index (χ3v) is 4.61. The van der Waals surface area contributed by atoms with Crippen molar-refractivity contribution >= 4 is 21.4 Å². The molecule has 0 spiro atoms. The second-order valence-electron chi connectivity index (χ2n) is 4.95. The quantitative estimate of drug-likeness (QED) is 0.854. The van der Waals surface area contributed by atoms with Gasteiger partial charge < -0.3 is 5.73 Å². The van der Waals surface area contributed by atoms with Gasteiger partial charge in [-0.25, -0.2) is 8.42 Å². The number of nitrogens with two attached hydrogens (primary N) is 1. The Morgan fingerprint density at radius 1 is 1.00 bits per heavy atom. The molecule has 2 rings (SSSR count). The number of aryl methyl sites for hydroxylation is 2. The summed E-state index contributed by atoms with van der Waals surface area (Å²) in [4.78, 5) is 0.219. The minimum absolute atomic E-state index is 0.219. The van der Waals surface area contributed by atoms with Gasteiger partial charge in [0.25, 0.3) is 10.0 Å². The average Bonchev–Trinajstić information content (AvgIpc) is 2.33. The molecule has 20 heavy (non-hydrogen) atoms. The average molecular weight is 290 g/mol. The SMILES string of the molecule is Cc1cccc(NS(=O)(=O)c2cc(C)cc(N)c2C)c1. The van der Waals surface area contributed by atoms with Gasteiger partial charge in [-0.1, -0.05) is 12.1 Å². The van der Waals surface area contributed by atoms with Crippen LogP contribution in [0, 0.1) is 20.8 Å². The summed E-state index contributed by atoms with van der Waals surface area (Å²) >= 11 is 0. The Balaban J connectivity index is 2.46. The van der Waals surface area contributed by atoms with Crippen LogP contribution in [0.15, 0.2) is 41.3 Å². The number of anilines is 2. The van der Waals surface area contributed by atoms with Crippen LogP contribution < -0.4 is 10.5 Å². The first-order valence-electron chi connectivity index (χ1n) is 6.26. The van der Waals surface area contributed by atoms with Crippen LogP contribution in [0.1, 0.15) is 16.7 Å². The summed E-state index contributed by atoms with van der Waals surface area (Å²) in [6, 6.07) is 10.6. The van der Waals surface area contributed by atoms with E-state index >= 15 is 0 Å². The van der Waals surface area contributed by atoms with Crippen LogP contribution in [0.3, 0.4) is 0 Å². The predicted molar refractivity (Wildman–Crippen MR) is 82.3 cm³/mol. The van der Waals surface area contributed by atoms with Crippen molar-refractivity contribution in [3.8, 4) is 0 Å². The van der Waals surface area contributed by atoms with Gasteiger partial charge in [-0.3, -0.25) is 4.72 Å². The highest BCUT2D eigenvalue weighted by atomic mass is 32.2. The largest absolute Gasteiger partial charge is 0.398 e. The number of hydrogen-bond donors (Lipinski definition) is 2. The number of nitrogens with one attached hydrogen (secondary N) is 1. The summed E-state index contributed by atoms with van der Waals surface area (Å²) < 4.78 is 27.5.